The van der Waals surface area contributed by atoms with Crippen molar-refractivity contribution in [3.05, 3.63) is 64.7 Å². The van der Waals surface area contributed by atoms with E-state index in [-0.39, 0.29) is 12.3 Å². The van der Waals surface area contributed by atoms with Crippen molar-refractivity contribution in [1.82, 2.24) is 4.72 Å². The Hall–Kier alpha value is -1.56. The van der Waals surface area contributed by atoms with E-state index in [2.05, 4.69) is 4.72 Å². The van der Waals surface area contributed by atoms with Crippen molar-refractivity contribution in [2.24, 2.45) is 0 Å². The van der Waals surface area contributed by atoms with Crippen LogP contribution in [0.4, 0.5) is 0 Å². The molecule has 0 aliphatic carbocycles. The minimum Gasteiger partial charge on any atom is -0.492 e. The quantitative estimate of drug-likeness (QED) is 0.841. The zero-order valence-corrected chi connectivity index (χ0v) is 13.8. The van der Waals surface area contributed by atoms with Gasteiger partial charge in [0, 0.05) is 6.54 Å². The Kier molecular flexibility index (Phi) is 5.83. The Balaban J connectivity index is 1.98. The molecule has 0 aliphatic heterocycles. The topological polar surface area (TPSA) is 55.4 Å². The van der Waals surface area contributed by atoms with E-state index < -0.39 is 10.0 Å². The van der Waals surface area contributed by atoms with Crippen LogP contribution in [-0.4, -0.2) is 15.0 Å². The van der Waals surface area contributed by atoms with Crippen LogP contribution < -0.4 is 9.46 Å². The lowest BCUT2D eigenvalue weighted by Crippen LogP contribution is -2.24. The third-order valence-electron chi connectivity index (χ3n) is 2.99. The van der Waals surface area contributed by atoms with Crippen molar-refractivity contribution < 1.29 is 13.2 Å². The lowest BCUT2D eigenvalue weighted by molar-refractivity contribution is 0.340. The summed E-state index contributed by atoms with van der Waals surface area (Å²) in [7, 11) is -3.39. The van der Waals surface area contributed by atoms with Gasteiger partial charge in [0.1, 0.15) is 5.75 Å². The van der Waals surface area contributed by atoms with Gasteiger partial charge in [0.05, 0.1) is 17.4 Å². The number of halogens is 1. The second kappa shape index (κ2) is 7.63. The molecular weight excluding hydrogens is 322 g/mol. The first-order valence-electron chi connectivity index (χ1n) is 6.92. The van der Waals surface area contributed by atoms with Gasteiger partial charge < -0.3 is 4.74 Å². The highest BCUT2D eigenvalue weighted by molar-refractivity contribution is 7.88. The molecule has 2 aromatic carbocycles. The van der Waals surface area contributed by atoms with E-state index in [0.717, 1.165) is 11.1 Å². The van der Waals surface area contributed by atoms with E-state index in [0.29, 0.717) is 17.4 Å². The molecule has 1 N–H and O–H groups in total. The number of benzene rings is 2. The molecule has 0 atom stereocenters. The number of nitrogens with one attached hydrogen (secondary N) is 1. The molecule has 0 aromatic heterocycles. The van der Waals surface area contributed by atoms with E-state index in [1.54, 1.807) is 30.3 Å². The molecule has 0 unspecified atom stereocenters. The van der Waals surface area contributed by atoms with Crippen LogP contribution in [0.5, 0.6) is 5.75 Å². The first-order chi connectivity index (χ1) is 10.5. The number of sulfonamides is 1. The average molecular weight is 340 g/mol. The lowest BCUT2D eigenvalue weighted by Gasteiger charge is -2.09. The summed E-state index contributed by atoms with van der Waals surface area (Å²) < 4.78 is 32.0. The molecule has 2 aromatic rings. The number of hydrogen-bond acceptors (Lipinski definition) is 3. The molecule has 6 heteroatoms. The summed E-state index contributed by atoms with van der Waals surface area (Å²) in [5, 5.41) is 0.474. The maximum atomic E-state index is 12.1. The van der Waals surface area contributed by atoms with E-state index in [9.17, 15) is 8.42 Å². The SMILES string of the molecule is CCOc1ccc(CNS(=O)(=O)Cc2ccccc2)cc1Cl. The van der Waals surface area contributed by atoms with Gasteiger partial charge in [-0.2, -0.15) is 0 Å². The largest absolute Gasteiger partial charge is 0.492 e. The molecule has 0 spiro atoms. The number of rotatable bonds is 7. The zero-order chi connectivity index (χ0) is 16.0. The molecule has 118 valence electrons. The predicted octanol–water partition coefficient (Wildman–Crippen LogP) is 3.36. The van der Waals surface area contributed by atoms with Gasteiger partial charge >= 0.3 is 0 Å². The van der Waals surface area contributed by atoms with Crippen LogP contribution in [0.2, 0.25) is 5.02 Å². The maximum Gasteiger partial charge on any atom is 0.216 e. The summed E-state index contributed by atoms with van der Waals surface area (Å²) in [5.74, 6) is 0.554. The van der Waals surface area contributed by atoms with Crippen LogP contribution in [0, 0.1) is 0 Å². The second-order valence-corrected chi connectivity index (χ2v) is 6.98. The number of ether oxygens (including phenoxy) is 1. The Bertz CT molecular complexity index is 717. The van der Waals surface area contributed by atoms with Gasteiger partial charge in [-0.05, 0) is 30.2 Å². The lowest BCUT2D eigenvalue weighted by atomic mass is 10.2. The number of hydrogen-bond donors (Lipinski definition) is 1. The summed E-state index contributed by atoms with van der Waals surface area (Å²) in [6, 6.07) is 14.3. The summed E-state index contributed by atoms with van der Waals surface area (Å²) in [5.41, 5.74) is 1.53. The van der Waals surface area contributed by atoms with Crippen molar-refractivity contribution >= 4 is 21.6 Å². The maximum absolute atomic E-state index is 12.1. The van der Waals surface area contributed by atoms with Crippen molar-refractivity contribution in [2.75, 3.05) is 6.61 Å². The van der Waals surface area contributed by atoms with Crippen molar-refractivity contribution in [3.8, 4) is 5.75 Å². The van der Waals surface area contributed by atoms with Gasteiger partial charge in [-0.1, -0.05) is 48.0 Å². The minimum absolute atomic E-state index is 0.0431. The van der Waals surface area contributed by atoms with Gasteiger partial charge in [0.15, 0.2) is 0 Å². The zero-order valence-electron chi connectivity index (χ0n) is 12.3. The van der Waals surface area contributed by atoms with E-state index >= 15 is 0 Å². The Morgan fingerprint density at radius 2 is 1.82 bits per heavy atom. The molecule has 0 amide bonds. The van der Waals surface area contributed by atoms with Crippen LogP contribution in [0.3, 0.4) is 0 Å². The third kappa shape index (κ3) is 5.02. The van der Waals surface area contributed by atoms with Crippen LogP contribution in [-0.2, 0) is 22.3 Å². The van der Waals surface area contributed by atoms with E-state index in [1.165, 1.54) is 0 Å². The molecule has 0 aliphatic rings. The second-order valence-electron chi connectivity index (χ2n) is 4.76. The fraction of sp³-hybridized carbons (Fsp3) is 0.250. The van der Waals surface area contributed by atoms with Crippen molar-refractivity contribution in [3.63, 3.8) is 0 Å². The fourth-order valence-corrected chi connectivity index (χ4v) is 3.34. The first-order valence-corrected chi connectivity index (χ1v) is 8.95. The Labute approximate surface area is 136 Å². The van der Waals surface area contributed by atoms with Gasteiger partial charge in [-0.25, -0.2) is 13.1 Å². The van der Waals surface area contributed by atoms with Gasteiger partial charge in [0.25, 0.3) is 0 Å². The molecule has 22 heavy (non-hydrogen) atoms. The standard InChI is InChI=1S/C16H18ClNO3S/c1-2-21-16-9-8-14(10-15(16)17)11-18-22(19,20)12-13-6-4-3-5-7-13/h3-10,18H,2,11-12H2,1H3. The molecule has 2 rings (SSSR count). The highest BCUT2D eigenvalue weighted by atomic mass is 35.5. The van der Waals surface area contributed by atoms with Crippen LogP contribution >= 0.6 is 11.6 Å². The summed E-state index contributed by atoms with van der Waals surface area (Å²) in [4.78, 5) is 0. The van der Waals surface area contributed by atoms with Crippen molar-refractivity contribution in [1.29, 1.82) is 0 Å². The highest BCUT2D eigenvalue weighted by Crippen LogP contribution is 2.25. The molecule has 0 heterocycles. The normalized spacial score (nSPS) is 11.4. The van der Waals surface area contributed by atoms with Crippen LogP contribution in [0.1, 0.15) is 18.1 Å². The van der Waals surface area contributed by atoms with E-state index in [4.69, 9.17) is 16.3 Å². The smallest absolute Gasteiger partial charge is 0.216 e. The van der Waals surface area contributed by atoms with Crippen LogP contribution in [0.25, 0.3) is 0 Å². The van der Waals surface area contributed by atoms with Gasteiger partial charge in [-0.3, -0.25) is 0 Å². The summed E-state index contributed by atoms with van der Waals surface area (Å²) in [6.07, 6.45) is 0. The fourth-order valence-electron chi connectivity index (χ4n) is 1.96. The molecular formula is C16H18ClNO3S. The van der Waals surface area contributed by atoms with Gasteiger partial charge in [-0.15, -0.1) is 0 Å². The monoisotopic (exact) mass is 339 g/mol. The molecule has 0 saturated carbocycles. The summed E-state index contributed by atoms with van der Waals surface area (Å²) in [6.45, 7) is 2.60. The first kappa shape index (κ1) is 16.8. The predicted molar refractivity (Wildman–Crippen MR) is 88.5 cm³/mol. The van der Waals surface area contributed by atoms with E-state index in [1.807, 2.05) is 25.1 Å². The van der Waals surface area contributed by atoms with Crippen molar-refractivity contribution in [2.45, 2.75) is 19.2 Å². The molecule has 4 nitrogen and oxygen atoms in total. The Morgan fingerprint density at radius 3 is 2.45 bits per heavy atom. The molecule has 0 saturated heterocycles. The Morgan fingerprint density at radius 1 is 1.09 bits per heavy atom. The minimum atomic E-state index is -3.39. The molecule has 0 fully saturated rings. The molecule has 0 bridgehead atoms. The summed E-state index contributed by atoms with van der Waals surface area (Å²) >= 11 is 6.09. The van der Waals surface area contributed by atoms with Gasteiger partial charge in [0.2, 0.25) is 10.0 Å². The highest BCUT2D eigenvalue weighted by Gasteiger charge is 2.11. The average Bonchev–Trinajstić information content (AvgIpc) is 2.48. The third-order valence-corrected chi connectivity index (χ3v) is 4.58. The van der Waals surface area contributed by atoms with Crippen LogP contribution in [0.15, 0.2) is 48.5 Å². The molecule has 0 radical (unpaired) electrons.